The average molecular weight is 295 g/mol. The van der Waals surface area contributed by atoms with E-state index in [1.54, 1.807) is 23.5 Å². The van der Waals surface area contributed by atoms with Gasteiger partial charge in [0.05, 0.1) is 16.8 Å². The molecule has 0 amide bonds. The Morgan fingerprint density at radius 3 is 2.90 bits per heavy atom. The number of aliphatic hydroxyl groups is 1. The van der Waals surface area contributed by atoms with Gasteiger partial charge in [-0.25, -0.2) is 9.37 Å². The fourth-order valence-electron chi connectivity index (χ4n) is 1.84. The maximum Gasteiger partial charge on any atom is 0.132 e. The van der Waals surface area contributed by atoms with E-state index in [1.807, 2.05) is 5.38 Å². The number of halogens is 1. The molecule has 0 saturated carbocycles. The van der Waals surface area contributed by atoms with E-state index in [2.05, 4.69) is 11.9 Å². The zero-order chi connectivity index (χ0) is 14.5. The molecule has 0 aliphatic carbocycles. The fourth-order valence-corrected chi connectivity index (χ4v) is 2.72. The summed E-state index contributed by atoms with van der Waals surface area (Å²) in [5.74, 6) is -0.0145. The summed E-state index contributed by atoms with van der Waals surface area (Å²) in [6, 6.07) is 4.49. The highest BCUT2D eigenvalue weighted by Crippen LogP contribution is 2.22. The summed E-state index contributed by atoms with van der Waals surface area (Å²) in [6.45, 7) is 3.97. The Bertz CT molecular complexity index is 569. The van der Waals surface area contributed by atoms with Gasteiger partial charge in [0.15, 0.2) is 0 Å². The molecule has 108 valence electrons. The highest BCUT2D eigenvalue weighted by Gasteiger charge is 2.09. The molecule has 5 heteroatoms. The van der Waals surface area contributed by atoms with Crippen LogP contribution in [0.15, 0.2) is 23.6 Å². The van der Waals surface area contributed by atoms with E-state index >= 15 is 0 Å². The van der Waals surface area contributed by atoms with Crippen LogP contribution in [-0.2, 0) is 13.0 Å². The number of hydrogen-bond donors (Lipinski definition) is 1. The van der Waals surface area contributed by atoms with Crippen molar-refractivity contribution < 1.29 is 14.2 Å². The van der Waals surface area contributed by atoms with Crippen molar-refractivity contribution in [2.24, 2.45) is 0 Å². The maximum atomic E-state index is 13.7. The first kappa shape index (κ1) is 14.9. The third-order valence-corrected chi connectivity index (χ3v) is 3.83. The molecule has 1 N–H and O–H groups in total. The molecule has 0 saturated heterocycles. The second-order valence-corrected chi connectivity index (χ2v) is 5.57. The molecular weight excluding hydrogens is 277 g/mol. The van der Waals surface area contributed by atoms with E-state index in [-0.39, 0.29) is 5.56 Å². The molecule has 2 rings (SSSR count). The first-order valence-corrected chi connectivity index (χ1v) is 7.51. The summed E-state index contributed by atoms with van der Waals surface area (Å²) in [5.41, 5.74) is 1.13. The van der Waals surface area contributed by atoms with Crippen LogP contribution in [0.3, 0.4) is 0 Å². The molecule has 0 aliphatic heterocycles. The van der Waals surface area contributed by atoms with Crippen LogP contribution >= 0.6 is 11.3 Å². The third-order valence-electron chi connectivity index (χ3n) is 2.87. The van der Waals surface area contributed by atoms with Crippen LogP contribution in [-0.4, -0.2) is 10.1 Å². The van der Waals surface area contributed by atoms with E-state index < -0.39 is 11.9 Å². The number of thiazole rings is 1. The predicted molar refractivity (Wildman–Crippen MR) is 77.5 cm³/mol. The van der Waals surface area contributed by atoms with Crippen molar-refractivity contribution in [3.63, 3.8) is 0 Å². The number of aromatic nitrogens is 1. The number of nitrogens with zero attached hydrogens (tertiary/aromatic N) is 1. The number of hydrogen-bond acceptors (Lipinski definition) is 4. The molecule has 1 atom stereocenters. The van der Waals surface area contributed by atoms with Crippen LogP contribution in [0.2, 0.25) is 0 Å². The Hall–Kier alpha value is -1.46. The summed E-state index contributed by atoms with van der Waals surface area (Å²) in [4.78, 5) is 4.44. The zero-order valence-electron chi connectivity index (χ0n) is 11.6. The van der Waals surface area contributed by atoms with Gasteiger partial charge in [0.25, 0.3) is 0 Å². The van der Waals surface area contributed by atoms with E-state index in [0.717, 1.165) is 23.5 Å². The Balaban J connectivity index is 1.98. The van der Waals surface area contributed by atoms with E-state index in [9.17, 15) is 9.50 Å². The number of aliphatic hydroxyl groups excluding tert-OH is 1. The van der Waals surface area contributed by atoms with Gasteiger partial charge in [-0.2, -0.15) is 0 Å². The highest BCUT2D eigenvalue weighted by molar-refractivity contribution is 7.09. The van der Waals surface area contributed by atoms with Crippen LogP contribution in [0, 0.1) is 5.82 Å². The molecule has 0 fully saturated rings. The second-order valence-electron chi connectivity index (χ2n) is 4.63. The summed E-state index contributed by atoms with van der Waals surface area (Å²) >= 11 is 1.62. The van der Waals surface area contributed by atoms with Crippen molar-refractivity contribution >= 4 is 11.3 Å². The molecule has 2 aromatic rings. The molecular formula is C15H18FNO2S. The minimum Gasteiger partial charge on any atom is -0.487 e. The Kier molecular flexibility index (Phi) is 5.09. The van der Waals surface area contributed by atoms with Gasteiger partial charge in [-0.15, -0.1) is 11.3 Å². The fraction of sp³-hybridized carbons (Fsp3) is 0.400. The van der Waals surface area contributed by atoms with Crippen molar-refractivity contribution in [2.45, 2.75) is 39.4 Å². The van der Waals surface area contributed by atoms with Gasteiger partial charge in [0.2, 0.25) is 0 Å². The van der Waals surface area contributed by atoms with Crippen LogP contribution in [0.25, 0.3) is 0 Å². The summed E-state index contributed by atoms with van der Waals surface area (Å²) in [7, 11) is 0. The zero-order valence-corrected chi connectivity index (χ0v) is 12.4. The monoisotopic (exact) mass is 295 g/mol. The lowest BCUT2D eigenvalue weighted by molar-refractivity contribution is 0.193. The molecule has 3 nitrogen and oxygen atoms in total. The van der Waals surface area contributed by atoms with Gasteiger partial charge in [0.1, 0.15) is 18.2 Å². The van der Waals surface area contributed by atoms with Crippen LogP contribution < -0.4 is 4.74 Å². The topological polar surface area (TPSA) is 42.4 Å². The minimum atomic E-state index is -0.820. The minimum absolute atomic E-state index is 0.274. The van der Waals surface area contributed by atoms with Crippen LogP contribution in [0.1, 0.15) is 42.6 Å². The molecule has 0 bridgehead atoms. The first-order valence-electron chi connectivity index (χ1n) is 6.63. The van der Waals surface area contributed by atoms with Gasteiger partial charge in [0, 0.05) is 17.0 Å². The SMILES string of the molecule is CCCc1nc(COc2ccc([C@@H](C)O)c(F)c2)cs1. The van der Waals surface area contributed by atoms with Gasteiger partial charge in [-0.05, 0) is 31.9 Å². The normalized spacial score (nSPS) is 12.4. The van der Waals surface area contributed by atoms with E-state index in [1.165, 1.54) is 13.0 Å². The standard InChI is InChI=1S/C15H18FNO2S/c1-3-4-15-17-11(9-20-15)8-19-12-5-6-13(10(2)18)14(16)7-12/h5-7,9-10,18H,3-4,8H2,1-2H3/t10-/m1/s1. The molecule has 0 aliphatic rings. The second kappa shape index (κ2) is 6.81. The molecule has 1 heterocycles. The quantitative estimate of drug-likeness (QED) is 0.879. The van der Waals surface area contributed by atoms with Crippen LogP contribution in [0.4, 0.5) is 4.39 Å². The van der Waals surface area contributed by atoms with Gasteiger partial charge < -0.3 is 9.84 Å². The molecule has 1 aromatic carbocycles. The Labute approximate surface area is 122 Å². The highest BCUT2D eigenvalue weighted by atomic mass is 32.1. The smallest absolute Gasteiger partial charge is 0.132 e. The molecule has 0 unspecified atom stereocenters. The van der Waals surface area contributed by atoms with E-state index in [4.69, 9.17) is 4.74 Å². The van der Waals surface area contributed by atoms with Crippen molar-refractivity contribution in [3.05, 3.63) is 45.7 Å². The Morgan fingerprint density at radius 2 is 2.25 bits per heavy atom. The van der Waals surface area contributed by atoms with Gasteiger partial charge in [-0.3, -0.25) is 0 Å². The van der Waals surface area contributed by atoms with Crippen molar-refractivity contribution in [3.8, 4) is 5.75 Å². The van der Waals surface area contributed by atoms with Crippen molar-refractivity contribution in [1.29, 1.82) is 0 Å². The van der Waals surface area contributed by atoms with E-state index in [0.29, 0.717) is 12.4 Å². The summed E-state index contributed by atoms with van der Waals surface area (Å²) < 4.78 is 19.2. The average Bonchev–Trinajstić information content (AvgIpc) is 2.84. The first-order chi connectivity index (χ1) is 9.60. The Morgan fingerprint density at radius 1 is 1.45 bits per heavy atom. The lowest BCUT2D eigenvalue weighted by atomic mass is 10.1. The van der Waals surface area contributed by atoms with Crippen molar-refractivity contribution in [1.82, 2.24) is 4.98 Å². The molecule has 1 aromatic heterocycles. The maximum absolute atomic E-state index is 13.7. The number of rotatable bonds is 6. The molecule has 20 heavy (non-hydrogen) atoms. The molecule has 0 radical (unpaired) electrons. The number of ether oxygens (including phenoxy) is 1. The van der Waals surface area contributed by atoms with Gasteiger partial charge >= 0.3 is 0 Å². The third kappa shape index (κ3) is 3.77. The largest absolute Gasteiger partial charge is 0.487 e. The van der Waals surface area contributed by atoms with Crippen LogP contribution in [0.5, 0.6) is 5.75 Å². The van der Waals surface area contributed by atoms with Crippen molar-refractivity contribution in [2.75, 3.05) is 0 Å². The summed E-state index contributed by atoms with van der Waals surface area (Å²) in [6.07, 6.45) is 1.22. The summed E-state index contributed by atoms with van der Waals surface area (Å²) in [5, 5.41) is 12.4. The lowest BCUT2D eigenvalue weighted by Gasteiger charge is -2.09. The lowest BCUT2D eigenvalue weighted by Crippen LogP contribution is -1.99. The number of benzene rings is 1. The number of aryl methyl sites for hydroxylation is 1. The van der Waals surface area contributed by atoms with Gasteiger partial charge in [-0.1, -0.05) is 6.92 Å². The molecule has 0 spiro atoms. The predicted octanol–water partition coefficient (Wildman–Crippen LogP) is 3.87.